The van der Waals surface area contributed by atoms with Crippen LogP contribution in [0.5, 0.6) is 17.4 Å². The molecule has 0 radical (unpaired) electrons. The second kappa shape index (κ2) is 17.5. The fourth-order valence-electron chi connectivity index (χ4n) is 7.21. The summed E-state index contributed by atoms with van der Waals surface area (Å²) in [7, 11) is 0. The van der Waals surface area contributed by atoms with Crippen LogP contribution in [0.4, 0.5) is 22.2 Å². The summed E-state index contributed by atoms with van der Waals surface area (Å²) < 4.78 is 19.8. The van der Waals surface area contributed by atoms with Crippen LogP contribution in [0.1, 0.15) is 53.3 Å². The van der Waals surface area contributed by atoms with Crippen LogP contribution in [0, 0.1) is 6.92 Å². The van der Waals surface area contributed by atoms with E-state index in [1.807, 2.05) is 73.7 Å². The SMILES string of the molecule is CCCC(I)c1cc(NC(=O)Nc2ccc(Oc3ccnc(NC4(C)C=Cc5c(n[nH]c5C)C4)n3)c3ccccc23)n(-c2ccc(OCCN3CCOCC3)cc2)n1. The van der Waals surface area contributed by atoms with Gasteiger partial charge in [0.15, 0.2) is 0 Å². The quantitative estimate of drug-likeness (QED) is 0.0617. The summed E-state index contributed by atoms with van der Waals surface area (Å²) >= 11 is 2.42. The van der Waals surface area contributed by atoms with Crippen molar-refractivity contribution in [3.05, 3.63) is 108 Å². The lowest BCUT2D eigenvalue weighted by Gasteiger charge is -2.29. The number of carbonyl (C=O) groups excluding carboxylic acids is 1. The van der Waals surface area contributed by atoms with Crippen molar-refractivity contribution in [2.75, 3.05) is 55.4 Å². The first-order valence-electron chi connectivity index (χ1n) is 19.6. The average Bonchev–Trinajstić information content (AvgIpc) is 3.82. The number of nitrogens with zero attached hydrogens (tertiary/aromatic N) is 6. The molecule has 2 atom stereocenters. The number of anilines is 3. The van der Waals surface area contributed by atoms with Gasteiger partial charge in [-0.3, -0.25) is 15.3 Å². The molecule has 2 aliphatic rings. The van der Waals surface area contributed by atoms with Gasteiger partial charge in [-0.1, -0.05) is 72.4 Å². The van der Waals surface area contributed by atoms with Gasteiger partial charge in [0.1, 0.15) is 23.9 Å². The molecule has 4 N–H and O–H groups in total. The Balaban J connectivity index is 0.958. The number of hydrogen-bond donors (Lipinski definition) is 4. The molecule has 3 aromatic heterocycles. The van der Waals surface area contributed by atoms with Gasteiger partial charge < -0.3 is 24.8 Å². The number of aromatic amines is 1. The molecule has 3 aromatic carbocycles. The van der Waals surface area contributed by atoms with Crippen LogP contribution in [0.15, 0.2) is 85.1 Å². The Hall–Kier alpha value is -5.52. The van der Waals surface area contributed by atoms with Gasteiger partial charge in [-0.05, 0) is 56.7 Å². The molecule has 0 bridgehead atoms. The van der Waals surface area contributed by atoms with E-state index in [-0.39, 0.29) is 3.92 Å². The summed E-state index contributed by atoms with van der Waals surface area (Å²) in [6.07, 6.45) is 8.54. The maximum absolute atomic E-state index is 13.7. The van der Waals surface area contributed by atoms with Crippen molar-refractivity contribution in [2.24, 2.45) is 0 Å². The Labute approximate surface area is 350 Å². The first kappa shape index (κ1) is 39.3. The second-order valence-electron chi connectivity index (χ2n) is 14.7. The zero-order valence-electron chi connectivity index (χ0n) is 32.8. The second-order valence-corrected chi connectivity index (χ2v) is 16.2. The molecular weight excluding hydrogens is 847 g/mol. The number of hydrogen-bond acceptors (Lipinski definition) is 10. The number of aromatic nitrogens is 6. The third-order valence-corrected chi connectivity index (χ3v) is 11.6. The molecule has 8 rings (SSSR count). The number of nitrogens with one attached hydrogen (secondary N) is 4. The van der Waals surface area contributed by atoms with Crippen molar-refractivity contribution in [3.63, 3.8) is 0 Å². The number of halogens is 1. The number of rotatable bonds is 14. The maximum Gasteiger partial charge on any atom is 0.324 e. The van der Waals surface area contributed by atoms with Gasteiger partial charge in [0.2, 0.25) is 11.8 Å². The molecule has 2 amide bonds. The number of H-pyrrole nitrogens is 1. The number of alkyl halides is 1. The van der Waals surface area contributed by atoms with Crippen LogP contribution in [0.25, 0.3) is 22.5 Å². The first-order valence-corrected chi connectivity index (χ1v) is 20.9. The van der Waals surface area contributed by atoms with Gasteiger partial charge in [0.05, 0.1) is 45.4 Å². The van der Waals surface area contributed by atoms with Crippen LogP contribution in [0.2, 0.25) is 0 Å². The number of urea groups is 1. The van der Waals surface area contributed by atoms with Crippen molar-refractivity contribution in [2.45, 2.75) is 49.5 Å². The monoisotopic (exact) mass is 894 g/mol. The normalized spacial score (nSPS) is 17.1. The molecule has 1 aliphatic carbocycles. The van der Waals surface area contributed by atoms with Crippen molar-refractivity contribution in [1.82, 2.24) is 34.8 Å². The molecule has 15 heteroatoms. The van der Waals surface area contributed by atoms with Crippen LogP contribution in [-0.2, 0) is 11.2 Å². The van der Waals surface area contributed by atoms with Crippen molar-refractivity contribution < 1.29 is 19.0 Å². The molecule has 58 heavy (non-hydrogen) atoms. The van der Waals surface area contributed by atoms with Gasteiger partial charge in [0.25, 0.3) is 0 Å². The van der Waals surface area contributed by atoms with Gasteiger partial charge in [0, 0.05) is 66.4 Å². The van der Waals surface area contributed by atoms with Crippen LogP contribution < -0.4 is 25.4 Å². The highest BCUT2D eigenvalue weighted by molar-refractivity contribution is 14.1. The molecule has 14 nitrogen and oxygen atoms in total. The minimum atomic E-state index is -0.427. The maximum atomic E-state index is 13.7. The fourth-order valence-corrected chi connectivity index (χ4v) is 8.14. The molecule has 0 spiro atoms. The van der Waals surface area contributed by atoms with Crippen molar-refractivity contribution >= 4 is 62.9 Å². The van der Waals surface area contributed by atoms with Gasteiger partial charge in [-0.25, -0.2) is 14.5 Å². The van der Waals surface area contributed by atoms with E-state index in [0.717, 1.165) is 90.5 Å². The Morgan fingerprint density at radius 2 is 1.86 bits per heavy atom. The number of fused-ring (bicyclic) bond motifs is 2. The lowest BCUT2D eigenvalue weighted by atomic mass is 9.88. The molecule has 1 aliphatic heterocycles. The summed E-state index contributed by atoms with van der Waals surface area (Å²) in [5, 5.41) is 23.7. The zero-order chi connectivity index (χ0) is 40.1. The zero-order valence-corrected chi connectivity index (χ0v) is 35.0. The molecule has 300 valence electrons. The van der Waals surface area contributed by atoms with E-state index < -0.39 is 11.6 Å². The summed E-state index contributed by atoms with van der Waals surface area (Å²) in [6.45, 7) is 11.1. The Morgan fingerprint density at radius 3 is 2.67 bits per heavy atom. The highest BCUT2D eigenvalue weighted by Gasteiger charge is 2.29. The smallest absolute Gasteiger partial charge is 0.324 e. The molecular formula is C43H47IN10O4. The van der Waals surface area contributed by atoms with Crippen molar-refractivity contribution in [3.8, 4) is 23.1 Å². The van der Waals surface area contributed by atoms with E-state index in [1.165, 1.54) is 0 Å². The van der Waals surface area contributed by atoms with Crippen molar-refractivity contribution in [1.29, 1.82) is 0 Å². The third-order valence-electron chi connectivity index (χ3n) is 10.3. The Kier molecular flexibility index (Phi) is 11.9. The lowest BCUT2D eigenvalue weighted by Crippen LogP contribution is -2.38. The number of ether oxygens (including phenoxy) is 3. The average molecular weight is 895 g/mol. The number of morpholine rings is 1. The van der Waals surface area contributed by atoms with E-state index in [0.29, 0.717) is 42.1 Å². The van der Waals surface area contributed by atoms with E-state index in [4.69, 9.17) is 19.3 Å². The van der Waals surface area contributed by atoms with Crippen LogP contribution >= 0.6 is 22.6 Å². The fraction of sp³-hybridized carbons (Fsp3) is 0.326. The van der Waals surface area contributed by atoms with Gasteiger partial charge >= 0.3 is 6.03 Å². The molecule has 4 heterocycles. The number of carbonyl (C=O) groups is 1. The van der Waals surface area contributed by atoms with Crippen LogP contribution in [0.3, 0.4) is 0 Å². The topological polar surface area (TPSA) is 156 Å². The number of amides is 2. The number of benzene rings is 3. The van der Waals surface area contributed by atoms with E-state index >= 15 is 0 Å². The third kappa shape index (κ3) is 9.11. The highest BCUT2D eigenvalue weighted by Crippen LogP contribution is 2.36. The summed E-state index contributed by atoms with van der Waals surface area (Å²) in [5.41, 5.74) is 5.07. The highest BCUT2D eigenvalue weighted by atomic mass is 127. The number of aryl methyl sites for hydroxylation is 1. The van der Waals surface area contributed by atoms with E-state index in [1.54, 1.807) is 16.9 Å². The summed E-state index contributed by atoms with van der Waals surface area (Å²) in [6, 6.07) is 22.5. The minimum Gasteiger partial charge on any atom is -0.492 e. The largest absolute Gasteiger partial charge is 0.492 e. The van der Waals surface area contributed by atoms with E-state index in [2.05, 4.69) is 89.6 Å². The molecule has 1 saturated heterocycles. The van der Waals surface area contributed by atoms with Gasteiger partial charge in [-0.2, -0.15) is 15.2 Å². The van der Waals surface area contributed by atoms with Gasteiger partial charge in [-0.15, -0.1) is 0 Å². The first-order chi connectivity index (χ1) is 28.2. The Bertz CT molecular complexity index is 2410. The van der Waals surface area contributed by atoms with E-state index in [9.17, 15) is 4.79 Å². The summed E-state index contributed by atoms with van der Waals surface area (Å²) in [5.74, 6) is 2.75. The molecule has 6 aromatic rings. The summed E-state index contributed by atoms with van der Waals surface area (Å²) in [4.78, 5) is 25.2. The molecule has 2 unspecified atom stereocenters. The lowest BCUT2D eigenvalue weighted by molar-refractivity contribution is 0.0322. The molecule has 0 saturated carbocycles. The predicted molar refractivity (Wildman–Crippen MR) is 235 cm³/mol. The molecule has 1 fully saturated rings. The predicted octanol–water partition coefficient (Wildman–Crippen LogP) is 8.71. The Morgan fingerprint density at radius 1 is 1.05 bits per heavy atom. The minimum absolute atomic E-state index is 0.190. The van der Waals surface area contributed by atoms with Crippen LogP contribution in [-0.4, -0.2) is 85.9 Å². The standard InChI is InChI=1S/C43H47IN10O4/c1-4-7-34(44)36-26-39(54(52-36)29-10-12-30(13-11-29)57-25-22-53-20-23-56-24-21-53)47-42(55)46-35-14-15-38(33-9-6-5-8-32(33)35)58-40-17-19-45-41(48-40)49-43(3)18-16-31-28(2)50-51-37(31)27-43/h5-6,8-19,26,34H,4,7,20-25,27H2,1-3H3,(H,50,51)(H,45,48,49)(H2,46,47,55).